The van der Waals surface area contributed by atoms with E-state index in [1.165, 1.54) is 0 Å². The molecule has 176 valence electrons. The number of hydrogen-bond acceptors (Lipinski definition) is 7. The van der Waals surface area contributed by atoms with Crippen molar-refractivity contribution in [2.24, 2.45) is 0 Å². The topological polar surface area (TPSA) is 107 Å². The van der Waals surface area contributed by atoms with Crippen molar-refractivity contribution in [3.8, 4) is 11.8 Å². The Bertz CT molecular complexity index is 1360. The summed E-state index contributed by atoms with van der Waals surface area (Å²) in [5, 5.41) is 14.0. The summed E-state index contributed by atoms with van der Waals surface area (Å²) in [6, 6.07) is 6.24. The number of ether oxygens (including phenoxy) is 1. The Morgan fingerprint density at radius 1 is 1.06 bits per heavy atom. The van der Waals surface area contributed by atoms with Gasteiger partial charge in [-0.15, -0.1) is 0 Å². The molecule has 1 saturated heterocycles. The first-order chi connectivity index (χ1) is 16.5. The first-order valence-corrected chi connectivity index (χ1v) is 11.4. The van der Waals surface area contributed by atoms with Crippen molar-refractivity contribution in [2.75, 3.05) is 36.4 Å². The lowest BCUT2D eigenvalue weighted by molar-refractivity contribution is 0.410. The second-order valence-electron chi connectivity index (χ2n) is 8.75. The normalized spacial score (nSPS) is 16.3. The predicted molar refractivity (Wildman–Crippen MR) is 124 cm³/mol. The zero-order chi connectivity index (χ0) is 23.2. The fraction of sp³-hybridized carbons (Fsp3) is 0.348. The number of rotatable bonds is 6. The van der Waals surface area contributed by atoms with Gasteiger partial charge in [0.15, 0.2) is 23.2 Å². The summed E-state index contributed by atoms with van der Waals surface area (Å²) >= 11 is 0. The van der Waals surface area contributed by atoms with Crippen LogP contribution in [0.2, 0.25) is 0 Å². The third-order valence-electron chi connectivity index (χ3n) is 6.11. The van der Waals surface area contributed by atoms with E-state index in [0.29, 0.717) is 29.1 Å². The van der Waals surface area contributed by atoms with Gasteiger partial charge in [0.05, 0.1) is 5.52 Å². The van der Waals surface area contributed by atoms with Gasteiger partial charge in [0, 0.05) is 67.1 Å². The molecule has 2 fully saturated rings. The highest BCUT2D eigenvalue weighted by Gasteiger charge is 2.26. The minimum Gasteiger partial charge on any atom is -0.421 e. The van der Waals surface area contributed by atoms with Crippen molar-refractivity contribution in [1.82, 2.24) is 30.5 Å². The third kappa shape index (κ3) is 4.03. The van der Waals surface area contributed by atoms with E-state index in [2.05, 4.69) is 40.7 Å². The van der Waals surface area contributed by atoms with Gasteiger partial charge < -0.3 is 25.3 Å². The van der Waals surface area contributed by atoms with Crippen molar-refractivity contribution >= 4 is 28.4 Å². The van der Waals surface area contributed by atoms with Gasteiger partial charge in [-0.1, -0.05) is 0 Å². The number of hydrogen-bond donors (Lipinski definition) is 4. The molecule has 34 heavy (non-hydrogen) atoms. The lowest BCUT2D eigenvalue weighted by atomic mass is 10.2. The second-order valence-corrected chi connectivity index (χ2v) is 8.75. The molecule has 2 aliphatic rings. The molecular formula is C23H24F2N8O. The fourth-order valence-corrected chi connectivity index (χ4v) is 4.22. The molecule has 4 heterocycles. The lowest BCUT2D eigenvalue weighted by Crippen LogP contribution is -2.43. The first kappa shape index (κ1) is 20.8. The maximum absolute atomic E-state index is 15.1. The SMILES string of the molecule is Cc1cc2c(F)c(Oc3nc(Nc4cc(C5CC5)[nH]n4)cc(N4CCNCC4)n3)cc(F)c2[nH]1. The smallest absolute Gasteiger partial charge is 0.326 e. The molecule has 0 amide bonds. The summed E-state index contributed by atoms with van der Waals surface area (Å²) in [7, 11) is 0. The number of aryl methyl sites for hydroxylation is 1. The molecular weight excluding hydrogens is 442 g/mol. The highest BCUT2D eigenvalue weighted by molar-refractivity contribution is 5.83. The fourth-order valence-electron chi connectivity index (χ4n) is 4.22. The minimum absolute atomic E-state index is 0.0820. The van der Waals surface area contributed by atoms with Crippen LogP contribution in [0.25, 0.3) is 10.9 Å². The molecule has 0 radical (unpaired) electrons. The monoisotopic (exact) mass is 466 g/mol. The number of aromatic amines is 2. The van der Waals surface area contributed by atoms with E-state index in [1.54, 1.807) is 19.1 Å². The number of halogens is 2. The Morgan fingerprint density at radius 3 is 2.68 bits per heavy atom. The number of aromatic nitrogens is 5. The average molecular weight is 466 g/mol. The molecule has 1 aliphatic heterocycles. The molecule has 9 nitrogen and oxygen atoms in total. The van der Waals surface area contributed by atoms with Gasteiger partial charge >= 0.3 is 6.01 Å². The molecule has 4 N–H and O–H groups in total. The van der Waals surface area contributed by atoms with Crippen molar-refractivity contribution in [3.63, 3.8) is 0 Å². The molecule has 1 aromatic carbocycles. The van der Waals surface area contributed by atoms with Crippen molar-refractivity contribution < 1.29 is 13.5 Å². The van der Waals surface area contributed by atoms with E-state index >= 15 is 4.39 Å². The molecule has 0 spiro atoms. The summed E-state index contributed by atoms with van der Waals surface area (Å²) in [4.78, 5) is 13.8. The van der Waals surface area contributed by atoms with E-state index in [4.69, 9.17) is 4.74 Å². The van der Waals surface area contributed by atoms with E-state index < -0.39 is 11.6 Å². The van der Waals surface area contributed by atoms with E-state index in [1.807, 2.05) is 6.07 Å². The van der Waals surface area contributed by atoms with Crippen LogP contribution in [-0.2, 0) is 0 Å². The number of anilines is 3. The average Bonchev–Trinajstić information content (AvgIpc) is 3.45. The largest absolute Gasteiger partial charge is 0.421 e. The number of fused-ring (bicyclic) bond motifs is 1. The van der Waals surface area contributed by atoms with Gasteiger partial charge in [-0.2, -0.15) is 15.1 Å². The van der Waals surface area contributed by atoms with Gasteiger partial charge in [0.25, 0.3) is 0 Å². The van der Waals surface area contributed by atoms with Gasteiger partial charge in [-0.25, -0.2) is 8.78 Å². The Morgan fingerprint density at radius 2 is 1.88 bits per heavy atom. The van der Waals surface area contributed by atoms with E-state index in [-0.39, 0.29) is 22.7 Å². The Balaban J connectivity index is 1.35. The van der Waals surface area contributed by atoms with Crippen LogP contribution in [-0.4, -0.2) is 51.3 Å². The van der Waals surface area contributed by atoms with E-state index in [0.717, 1.165) is 50.8 Å². The molecule has 6 rings (SSSR count). The molecule has 4 aromatic rings. The zero-order valence-corrected chi connectivity index (χ0v) is 18.6. The van der Waals surface area contributed by atoms with Crippen LogP contribution in [0.5, 0.6) is 11.8 Å². The minimum atomic E-state index is -0.673. The molecule has 0 unspecified atom stereocenters. The van der Waals surface area contributed by atoms with E-state index in [9.17, 15) is 4.39 Å². The highest BCUT2D eigenvalue weighted by atomic mass is 19.1. The second kappa shape index (κ2) is 8.24. The van der Waals surface area contributed by atoms with Gasteiger partial charge in [-0.05, 0) is 25.8 Å². The first-order valence-electron chi connectivity index (χ1n) is 11.4. The quantitative estimate of drug-likeness (QED) is 0.339. The Labute approximate surface area is 193 Å². The summed E-state index contributed by atoms with van der Waals surface area (Å²) in [5.74, 6) is 0.683. The van der Waals surface area contributed by atoms with Crippen LogP contribution in [0.4, 0.5) is 26.2 Å². The van der Waals surface area contributed by atoms with Gasteiger partial charge in [0.1, 0.15) is 11.6 Å². The molecule has 0 atom stereocenters. The van der Waals surface area contributed by atoms with Crippen LogP contribution in [0, 0.1) is 18.6 Å². The summed E-state index contributed by atoms with van der Waals surface area (Å²) in [6.45, 7) is 4.87. The number of nitrogens with zero attached hydrogens (tertiary/aromatic N) is 4. The Kier molecular flexibility index (Phi) is 5.05. The molecule has 3 aromatic heterocycles. The number of benzene rings is 1. The van der Waals surface area contributed by atoms with Crippen LogP contribution in [0.15, 0.2) is 24.3 Å². The highest BCUT2D eigenvalue weighted by Crippen LogP contribution is 2.40. The van der Waals surface area contributed by atoms with Gasteiger partial charge in [-0.3, -0.25) is 5.10 Å². The van der Waals surface area contributed by atoms with Crippen LogP contribution < -0.4 is 20.3 Å². The number of piperazine rings is 1. The molecule has 1 saturated carbocycles. The lowest BCUT2D eigenvalue weighted by Gasteiger charge is -2.28. The van der Waals surface area contributed by atoms with Gasteiger partial charge in [0.2, 0.25) is 0 Å². The zero-order valence-electron chi connectivity index (χ0n) is 18.6. The Hall–Kier alpha value is -3.73. The molecule has 1 aliphatic carbocycles. The van der Waals surface area contributed by atoms with Crippen LogP contribution >= 0.6 is 0 Å². The molecule has 0 bridgehead atoms. The predicted octanol–water partition coefficient (Wildman–Crippen LogP) is 4.09. The third-order valence-corrected chi connectivity index (χ3v) is 6.11. The summed E-state index contributed by atoms with van der Waals surface area (Å²) < 4.78 is 35.4. The van der Waals surface area contributed by atoms with Crippen molar-refractivity contribution in [3.05, 3.63) is 47.3 Å². The van der Waals surface area contributed by atoms with Crippen LogP contribution in [0.3, 0.4) is 0 Å². The standard InChI is InChI=1S/C23H24F2N8O/c1-12-8-14-21(25)17(9-15(24)22(14)27-12)34-23-29-18(11-20(30-23)33-6-4-26-5-7-33)28-19-10-16(31-32-19)13-2-3-13/h8-11,13,26-27H,2-7H2,1H3,(H2,28,29,30,31,32). The summed E-state index contributed by atoms with van der Waals surface area (Å²) in [5.41, 5.74) is 1.84. The number of nitrogens with one attached hydrogen (secondary N) is 4. The maximum Gasteiger partial charge on any atom is 0.326 e. The molecule has 11 heteroatoms. The maximum atomic E-state index is 15.1. The van der Waals surface area contributed by atoms with Crippen LogP contribution in [0.1, 0.15) is 30.1 Å². The summed E-state index contributed by atoms with van der Waals surface area (Å²) in [6.07, 6.45) is 2.32. The van der Waals surface area contributed by atoms with Crippen molar-refractivity contribution in [2.45, 2.75) is 25.7 Å². The van der Waals surface area contributed by atoms with Crippen molar-refractivity contribution in [1.29, 1.82) is 0 Å². The number of H-pyrrole nitrogens is 2.